The van der Waals surface area contributed by atoms with E-state index in [1.54, 1.807) is 12.1 Å². The van der Waals surface area contributed by atoms with Crippen molar-refractivity contribution in [2.24, 2.45) is 4.99 Å². The molecular weight excluding hydrogens is 244 g/mol. The zero-order valence-corrected chi connectivity index (χ0v) is 11.5. The van der Waals surface area contributed by atoms with Crippen LogP contribution in [0.15, 0.2) is 29.3 Å². The van der Waals surface area contributed by atoms with Gasteiger partial charge in [-0.1, -0.05) is 12.1 Å². The second-order valence-corrected chi connectivity index (χ2v) is 4.42. The molecule has 0 aliphatic carbocycles. The molecule has 0 bridgehead atoms. The number of nitrogens with one attached hydrogen (secondary N) is 2. The minimum Gasteiger partial charge on any atom is -0.357 e. The summed E-state index contributed by atoms with van der Waals surface area (Å²) >= 11 is 0. The molecule has 0 aromatic heterocycles. The van der Waals surface area contributed by atoms with E-state index in [0.29, 0.717) is 12.6 Å². The van der Waals surface area contributed by atoms with Crippen molar-refractivity contribution in [1.82, 2.24) is 10.6 Å². The van der Waals surface area contributed by atoms with Gasteiger partial charge in [0.2, 0.25) is 0 Å². The van der Waals surface area contributed by atoms with E-state index in [2.05, 4.69) is 15.6 Å². The predicted octanol–water partition coefficient (Wildman–Crippen LogP) is 2.06. The molecule has 1 rings (SSSR count). The van der Waals surface area contributed by atoms with E-state index in [9.17, 15) is 10.1 Å². The van der Waals surface area contributed by atoms with Crippen molar-refractivity contribution in [2.45, 2.75) is 33.4 Å². The standard InChI is InChI=1S/C13H20N4O2/c1-4-14-13(16-10(2)3)15-9-11-5-7-12(8-6-11)17(18)19/h5-8,10H,4,9H2,1-3H3,(H2,14,15,16). The maximum Gasteiger partial charge on any atom is 0.269 e. The number of nitro benzene ring substituents is 1. The average molecular weight is 264 g/mol. The zero-order valence-electron chi connectivity index (χ0n) is 11.5. The Hall–Kier alpha value is -2.11. The average Bonchev–Trinajstić information content (AvgIpc) is 2.36. The first-order valence-corrected chi connectivity index (χ1v) is 6.31. The van der Waals surface area contributed by atoms with Gasteiger partial charge in [-0.2, -0.15) is 0 Å². The number of nitro groups is 1. The van der Waals surface area contributed by atoms with Crippen molar-refractivity contribution in [2.75, 3.05) is 6.54 Å². The Morgan fingerprint density at radius 1 is 1.37 bits per heavy atom. The highest BCUT2D eigenvalue weighted by Crippen LogP contribution is 2.12. The van der Waals surface area contributed by atoms with Crippen LogP contribution in [-0.4, -0.2) is 23.5 Å². The first kappa shape index (κ1) is 14.9. The van der Waals surface area contributed by atoms with Crippen molar-refractivity contribution in [3.05, 3.63) is 39.9 Å². The van der Waals surface area contributed by atoms with Gasteiger partial charge in [0.05, 0.1) is 11.5 Å². The van der Waals surface area contributed by atoms with Gasteiger partial charge in [0, 0.05) is 24.7 Å². The summed E-state index contributed by atoms with van der Waals surface area (Å²) in [4.78, 5) is 14.6. The highest BCUT2D eigenvalue weighted by atomic mass is 16.6. The summed E-state index contributed by atoms with van der Waals surface area (Å²) in [7, 11) is 0. The van der Waals surface area contributed by atoms with Crippen LogP contribution in [0.3, 0.4) is 0 Å². The second kappa shape index (κ2) is 7.35. The lowest BCUT2D eigenvalue weighted by atomic mass is 10.2. The highest BCUT2D eigenvalue weighted by Gasteiger charge is 2.04. The van der Waals surface area contributed by atoms with Gasteiger partial charge in [-0.05, 0) is 26.3 Å². The summed E-state index contributed by atoms with van der Waals surface area (Å²) in [5.41, 5.74) is 1.03. The van der Waals surface area contributed by atoms with Gasteiger partial charge >= 0.3 is 0 Å². The Balaban J connectivity index is 2.68. The molecule has 0 saturated heterocycles. The van der Waals surface area contributed by atoms with Crippen molar-refractivity contribution in [3.63, 3.8) is 0 Å². The number of nitrogens with zero attached hydrogens (tertiary/aromatic N) is 2. The molecule has 0 saturated carbocycles. The molecule has 6 nitrogen and oxygen atoms in total. The fourth-order valence-electron chi connectivity index (χ4n) is 1.49. The molecule has 6 heteroatoms. The fraction of sp³-hybridized carbons (Fsp3) is 0.462. The van der Waals surface area contributed by atoms with Gasteiger partial charge in [-0.15, -0.1) is 0 Å². The molecule has 0 fully saturated rings. The maximum atomic E-state index is 10.5. The van der Waals surface area contributed by atoms with Crippen LogP contribution in [0.2, 0.25) is 0 Å². The largest absolute Gasteiger partial charge is 0.357 e. The number of rotatable bonds is 5. The number of aliphatic imine (C=N–C) groups is 1. The summed E-state index contributed by atoms with van der Waals surface area (Å²) < 4.78 is 0. The smallest absolute Gasteiger partial charge is 0.269 e. The molecule has 1 aromatic carbocycles. The van der Waals surface area contributed by atoms with Crippen LogP contribution in [0.5, 0.6) is 0 Å². The fourth-order valence-corrected chi connectivity index (χ4v) is 1.49. The van der Waals surface area contributed by atoms with Gasteiger partial charge in [0.1, 0.15) is 0 Å². The minimum atomic E-state index is -0.405. The Morgan fingerprint density at radius 3 is 2.47 bits per heavy atom. The summed E-state index contributed by atoms with van der Waals surface area (Å²) in [6.07, 6.45) is 0. The number of hydrogen-bond donors (Lipinski definition) is 2. The maximum absolute atomic E-state index is 10.5. The molecule has 19 heavy (non-hydrogen) atoms. The van der Waals surface area contributed by atoms with Gasteiger partial charge < -0.3 is 10.6 Å². The molecule has 0 spiro atoms. The van der Waals surface area contributed by atoms with Crippen molar-refractivity contribution < 1.29 is 4.92 Å². The van der Waals surface area contributed by atoms with Crippen LogP contribution in [0.4, 0.5) is 5.69 Å². The van der Waals surface area contributed by atoms with E-state index in [0.717, 1.165) is 18.1 Å². The molecular formula is C13H20N4O2. The molecule has 0 amide bonds. The highest BCUT2D eigenvalue weighted by molar-refractivity contribution is 5.79. The third kappa shape index (κ3) is 5.37. The Kier molecular flexibility index (Phi) is 5.78. The third-order valence-corrected chi connectivity index (χ3v) is 2.34. The molecule has 1 aromatic rings. The number of hydrogen-bond acceptors (Lipinski definition) is 3. The Morgan fingerprint density at radius 2 is 2.00 bits per heavy atom. The second-order valence-electron chi connectivity index (χ2n) is 4.42. The number of non-ortho nitro benzene ring substituents is 1. The first-order chi connectivity index (χ1) is 9.02. The third-order valence-electron chi connectivity index (χ3n) is 2.34. The SMILES string of the molecule is CCNC(=NCc1ccc([N+](=O)[O-])cc1)NC(C)C. The van der Waals surface area contributed by atoms with Crippen molar-refractivity contribution in [1.29, 1.82) is 0 Å². The predicted molar refractivity (Wildman–Crippen MR) is 76.2 cm³/mol. The first-order valence-electron chi connectivity index (χ1n) is 6.31. The molecule has 104 valence electrons. The molecule has 2 N–H and O–H groups in total. The van der Waals surface area contributed by atoms with Gasteiger partial charge in [-0.25, -0.2) is 4.99 Å². The van der Waals surface area contributed by atoms with E-state index in [1.165, 1.54) is 12.1 Å². The van der Waals surface area contributed by atoms with E-state index in [1.807, 2.05) is 20.8 Å². The van der Waals surface area contributed by atoms with Crippen LogP contribution < -0.4 is 10.6 Å². The molecule has 0 aliphatic heterocycles. The molecule has 0 heterocycles. The van der Waals surface area contributed by atoms with E-state index in [-0.39, 0.29) is 5.69 Å². The summed E-state index contributed by atoms with van der Waals surface area (Å²) in [6.45, 7) is 7.36. The number of benzene rings is 1. The normalized spacial score (nSPS) is 11.5. The molecule has 0 atom stereocenters. The lowest BCUT2D eigenvalue weighted by Crippen LogP contribution is -2.40. The summed E-state index contributed by atoms with van der Waals surface area (Å²) in [5.74, 6) is 0.746. The van der Waals surface area contributed by atoms with E-state index in [4.69, 9.17) is 0 Å². The number of guanidine groups is 1. The van der Waals surface area contributed by atoms with Gasteiger partial charge in [0.25, 0.3) is 5.69 Å². The Bertz CT molecular complexity index is 440. The summed E-state index contributed by atoms with van der Waals surface area (Å²) in [5, 5.41) is 16.9. The van der Waals surface area contributed by atoms with E-state index >= 15 is 0 Å². The quantitative estimate of drug-likeness (QED) is 0.369. The van der Waals surface area contributed by atoms with Gasteiger partial charge in [0.15, 0.2) is 5.96 Å². The Labute approximate surface area is 113 Å². The lowest BCUT2D eigenvalue weighted by molar-refractivity contribution is -0.384. The molecule has 0 unspecified atom stereocenters. The summed E-state index contributed by atoms with van der Waals surface area (Å²) in [6, 6.07) is 6.73. The van der Waals surface area contributed by atoms with Crippen LogP contribution >= 0.6 is 0 Å². The van der Waals surface area contributed by atoms with Gasteiger partial charge in [-0.3, -0.25) is 10.1 Å². The van der Waals surface area contributed by atoms with Crippen LogP contribution in [0.25, 0.3) is 0 Å². The van der Waals surface area contributed by atoms with Crippen LogP contribution in [0.1, 0.15) is 26.3 Å². The monoisotopic (exact) mass is 264 g/mol. The zero-order chi connectivity index (χ0) is 14.3. The van der Waals surface area contributed by atoms with Crippen molar-refractivity contribution in [3.8, 4) is 0 Å². The topological polar surface area (TPSA) is 79.6 Å². The molecule has 0 radical (unpaired) electrons. The van der Waals surface area contributed by atoms with E-state index < -0.39 is 4.92 Å². The van der Waals surface area contributed by atoms with Crippen LogP contribution in [-0.2, 0) is 6.54 Å². The van der Waals surface area contributed by atoms with Crippen molar-refractivity contribution >= 4 is 11.6 Å². The van der Waals surface area contributed by atoms with Crippen LogP contribution in [0, 0.1) is 10.1 Å². The minimum absolute atomic E-state index is 0.0972. The molecule has 0 aliphatic rings. The lowest BCUT2D eigenvalue weighted by Gasteiger charge is -2.13.